The molecular weight excluding hydrogens is 206 g/mol. The maximum atomic E-state index is 8.85. The van der Waals surface area contributed by atoms with Gasteiger partial charge in [0.2, 0.25) is 0 Å². The average Bonchev–Trinajstić information content (AvgIpc) is 2.03. The van der Waals surface area contributed by atoms with Gasteiger partial charge in [0, 0.05) is 13.1 Å². The molecule has 0 unspecified atom stereocenters. The molecule has 0 amide bonds. The molecule has 1 heterocycles. The van der Waals surface area contributed by atoms with E-state index in [9.17, 15) is 0 Å². The van der Waals surface area contributed by atoms with Gasteiger partial charge in [0.05, 0.1) is 19.6 Å². The van der Waals surface area contributed by atoms with Crippen LogP contribution in [0, 0.1) is 0 Å². The summed E-state index contributed by atoms with van der Waals surface area (Å²) in [6.45, 7) is 9.69. The summed E-state index contributed by atoms with van der Waals surface area (Å²) < 4.78 is 26.6. The highest BCUT2D eigenvalue weighted by atomic mass is 32.2. The van der Waals surface area contributed by atoms with Crippen molar-refractivity contribution in [1.82, 2.24) is 5.32 Å². The second-order valence-electron chi connectivity index (χ2n) is 2.99. The summed E-state index contributed by atoms with van der Waals surface area (Å²) in [5.74, 6) is 0. The highest BCUT2D eigenvalue weighted by molar-refractivity contribution is 7.83. The van der Waals surface area contributed by atoms with E-state index >= 15 is 0 Å². The molecule has 1 fully saturated rings. The van der Waals surface area contributed by atoms with Gasteiger partial charge in [0.25, 0.3) is 0 Å². The molecule has 6 nitrogen and oxygen atoms in total. The van der Waals surface area contributed by atoms with Crippen LogP contribution in [-0.4, -0.2) is 45.7 Å². The van der Waals surface area contributed by atoms with Crippen molar-refractivity contribution < 1.29 is 17.9 Å². The Morgan fingerprint density at radius 3 is 2.29 bits per heavy atom. The van der Waals surface area contributed by atoms with Crippen molar-refractivity contribution >= 4 is 10.3 Å². The van der Waals surface area contributed by atoms with Crippen LogP contribution in [0.4, 0.5) is 0 Å². The van der Waals surface area contributed by atoms with Crippen LogP contribution in [-0.2, 0) is 10.3 Å². The maximum Gasteiger partial charge on any atom is 0.156 e. The Balaban J connectivity index is 0.000000292. The number of hydrogen-bond acceptors (Lipinski definition) is 4. The fourth-order valence-electron chi connectivity index (χ4n) is 1.19. The first-order valence-corrected chi connectivity index (χ1v) is 5.79. The zero-order valence-corrected chi connectivity index (χ0v) is 8.85. The van der Waals surface area contributed by atoms with Crippen molar-refractivity contribution in [3.63, 3.8) is 0 Å². The Morgan fingerprint density at radius 2 is 1.93 bits per heavy atom. The van der Waals surface area contributed by atoms with Crippen LogP contribution >= 0.6 is 0 Å². The molecule has 4 N–H and O–H groups in total. The van der Waals surface area contributed by atoms with Crippen LogP contribution in [0.15, 0.2) is 12.7 Å². The molecular formula is C7H17N3O3S. The predicted octanol–water partition coefficient (Wildman–Crippen LogP) is -2.93. The SMILES string of the molecule is C=CC[NH+]1CCNCC1.NS(=O)(=O)[O-]. The minimum atomic E-state index is -4.42. The van der Waals surface area contributed by atoms with E-state index in [1.54, 1.807) is 4.90 Å². The molecule has 0 aromatic rings. The third-order valence-corrected chi connectivity index (χ3v) is 1.74. The van der Waals surface area contributed by atoms with E-state index in [1.807, 2.05) is 6.08 Å². The zero-order chi connectivity index (χ0) is 11.0. The normalized spacial score (nSPS) is 18.1. The third kappa shape index (κ3) is 11.5. The fraction of sp³-hybridized carbons (Fsp3) is 0.714. The predicted molar refractivity (Wildman–Crippen MR) is 52.5 cm³/mol. The van der Waals surface area contributed by atoms with Crippen molar-refractivity contribution in [3.8, 4) is 0 Å². The van der Waals surface area contributed by atoms with Gasteiger partial charge in [0.1, 0.15) is 0 Å². The van der Waals surface area contributed by atoms with Crippen molar-refractivity contribution in [2.45, 2.75) is 0 Å². The van der Waals surface area contributed by atoms with Crippen molar-refractivity contribution in [3.05, 3.63) is 12.7 Å². The molecule has 0 saturated carbocycles. The molecule has 0 aromatic heterocycles. The molecule has 0 aromatic carbocycles. The van der Waals surface area contributed by atoms with Crippen LogP contribution in [0.25, 0.3) is 0 Å². The molecule has 0 bridgehead atoms. The molecule has 7 heteroatoms. The summed E-state index contributed by atoms with van der Waals surface area (Å²) in [6.07, 6.45) is 2.00. The molecule has 0 spiro atoms. The van der Waals surface area contributed by atoms with Crippen LogP contribution in [0.5, 0.6) is 0 Å². The van der Waals surface area contributed by atoms with Gasteiger partial charge >= 0.3 is 0 Å². The van der Waals surface area contributed by atoms with Crippen LogP contribution in [0.2, 0.25) is 0 Å². The summed E-state index contributed by atoms with van der Waals surface area (Å²) in [5.41, 5.74) is 0. The van der Waals surface area contributed by atoms with E-state index in [0.29, 0.717) is 0 Å². The summed E-state index contributed by atoms with van der Waals surface area (Å²) in [6, 6.07) is 0. The van der Waals surface area contributed by atoms with Crippen LogP contribution in [0.1, 0.15) is 0 Å². The average molecular weight is 223 g/mol. The quantitative estimate of drug-likeness (QED) is 0.344. The molecule has 0 atom stereocenters. The summed E-state index contributed by atoms with van der Waals surface area (Å²) >= 11 is 0. The molecule has 1 rings (SSSR count). The Bertz CT molecular complexity index is 239. The molecule has 1 aliphatic heterocycles. The van der Waals surface area contributed by atoms with Gasteiger partial charge in [-0.25, -0.2) is 13.6 Å². The lowest BCUT2D eigenvalue weighted by molar-refractivity contribution is -0.895. The zero-order valence-electron chi connectivity index (χ0n) is 8.03. The Hall–Kier alpha value is -0.470. The first kappa shape index (κ1) is 13.5. The van der Waals surface area contributed by atoms with E-state index in [4.69, 9.17) is 13.0 Å². The number of nitrogens with one attached hydrogen (secondary N) is 2. The Morgan fingerprint density at radius 1 is 1.50 bits per heavy atom. The van der Waals surface area contributed by atoms with Crippen molar-refractivity contribution in [1.29, 1.82) is 0 Å². The summed E-state index contributed by atoms with van der Waals surface area (Å²) in [5, 5.41) is 7.09. The van der Waals surface area contributed by atoms with Gasteiger partial charge in [-0.3, -0.25) is 0 Å². The summed E-state index contributed by atoms with van der Waals surface area (Å²) in [7, 11) is -4.42. The fourth-order valence-corrected chi connectivity index (χ4v) is 1.19. The standard InChI is InChI=1S/C7H14N2.H3NO3S/c1-2-5-9-6-3-8-4-7-9;1-5(2,3)4/h2,8H,1,3-7H2;(H3,1,2,3,4). The van der Waals surface area contributed by atoms with Crippen LogP contribution in [0.3, 0.4) is 0 Å². The van der Waals surface area contributed by atoms with Crippen molar-refractivity contribution in [2.75, 3.05) is 32.7 Å². The molecule has 84 valence electrons. The second kappa shape index (κ2) is 6.91. The first-order chi connectivity index (χ1) is 6.43. The highest BCUT2D eigenvalue weighted by Gasteiger charge is 2.09. The summed E-state index contributed by atoms with van der Waals surface area (Å²) in [4.78, 5) is 1.66. The molecule has 1 aliphatic rings. The smallest absolute Gasteiger partial charge is 0.156 e. The number of piperazine rings is 1. The van der Waals surface area contributed by atoms with Gasteiger partial charge < -0.3 is 14.8 Å². The second-order valence-corrected chi connectivity index (χ2v) is 3.97. The largest absolute Gasteiger partial charge is 0.736 e. The maximum absolute atomic E-state index is 8.85. The number of quaternary nitrogens is 1. The van der Waals surface area contributed by atoms with E-state index in [1.165, 1.54) is 26.2 Å². The number of nitrogens with two attached hydrogens (primary N) is 1. The third-order valence-electron chi connectivity index (χ3n) is 1.74. The van der Waals surface area contributed by atoms with Gasteiger partial charge in [-0.15, -0.1) is 0 Å². The first-order valence-electron chi connectivity index (χ1n) is 4.32. The Labute approximate surface area is 84.7 Å². The monoisotopic (exact) mass is 223 g/mol. The van der Waals surface area contributed by atoms with Gasteiger partial charge in [0.15, 0.2) is 10.3 Å². The van der Waals surface area contributed by atoms with E-state index in [0.717, 1.165) is 6.54 Å². The number of rotatable bonds is 2. The molecule has 0 radical (unpaired) electrons. The molecule has 0 aliphatic carbocycles. The lowest BCUT2D eigenvalue weighted by atomic mass is 10.3. The molecule has 14 heavy (non-hydrogen) atoms. The van der Waals surface area contributed by atoms with Gasteiger partial charge in [-0.05, 0) is 6.08 Å². The Kier molecular flexibility index (Phi) is 6.67. The molecule has 1 saturated heterocycles. The topological polar surface area (TPSA) is 99.7 Å². The highest BCUT2D eigenvalue weighted by Crippen LogP contribution is 1.63. The lowest BCUT2D eigenvalue weighted by Crippen LogP contribution is -3.14. The van der Waals surface area contributed by atoms with Gasteiger partial charge in [-0.2, -0.15) is 0 Å². The van der Waals surface area contributed by atoms with E-state index in [2.05, 4.69) is 17.0 Å². The van der Waals surface area contributed by atoms with Crippen LogP contribution < -0.4 is 15.4 Å². The van der Waals surface area contributed by atoms with E-state index in [-0.39, 0.29) is 0 Å². The van der Waals surface area contributed by atoms with Gasteiger partial charge in [-0.1, -0.05) is 6.58 Å². The van der Waals surface area contributed by atoms with E-state index < -0.39 is 10.3 Å². The minimum absolute atomic E-state index is 1.13. The van der Waals surface area contributed by atoms with Crippen molar-refractivity contribution in [2.24, 2.45) is 5.14 Å². The number of hydrogen-bond donors (Lipinski definition) is 3. The lowest BCUT2D eigenvalue weighted by Gasteiger charge is -2.22. The minimum Gasteiger partial charge on any atom is -0.736 e.